The van der Waals surface area contributed by atoms with Crippen molar-refractivity contribution in [2.45, 2.75) is 19.1 Å². The average Bonchev–Trinajstić information content (AvgIpc) is 2.53. The number of rotatable bonds is 1. The summed E-state index contributed by atoms with van der Waals surface area (Å²) in [6, 6.07) is -1.42. The molecular weight excluding hydrogens is 250 g/mol. The van der Waals surface area contributed by atoms with Gasteiger partial charge in [0.25, 0.3) is 0 Å². The van der Waals surface area contributed by atoms with Crippen LogP contribution in [-0.4, -0.2) is 38.1 Å². The fraction of sp³-hybridized carbons (Fsp3) is 0.333. The number of aromatic nitrogens is 2. The summed E-state index contributed by atoms with van der Waals surface area (Å²) in [6.07, 6.45) is -0.325. The van der Waals surface area contributed by atoms with E-state index in [1.165, 1.54) is 6.92 Å². The van der Waals surface area contributed by atoms with Gasteiger partial charge in [0.15, 0.2) is 6.04 Å². The molecular formula is C9H8ClN3O4. The number of fused-ring (bicyclic) bond motifs is 1. The van der Waals surface area contributed by atoms with Crippen molar-refractivity contribution in [2.75, 3.05) is 4.90 Å². The Bertz CT molecular complexity index is 507. The predicted octanol–water partition coefficient (Wildman–Crippen LogP) is -0.0169. The van der Waals surface area contributed by atoms with E-state index in [2.05, 4.69) is 9.97 Å². The maximum Gasteiger partial charge on any atom is 0.329 e. The van der Waals surface area contributed by atoms with Gasteiger partial charge in [-0.2, -0.15) is 0 Å². The molecule has 0 spiro atoms. The highest BCUT2D eigenvalue weighted by Crippen LogP contribution is 2.40. The number of aliphatic hydroxyl groups excluding tert-OH is 1. The lowest BCUT2D eigenvalue weighted by molar-refractivity contribution is -0.142. The summed E-state index contributed by atoms with van der Waals surface area (Å²) in [5.74, 6) is -1.83. The smallest absolute Gasteiger partial charge is 0.329 e. The zero-order valence-corrected chi connectivity index (χ0v) is 9.42. The van der Waals surface area contributed by atoms with E-state index in [-0.39, 0.29) is 16.5 Å². The van der Waals surface area contributed by atoms with Crippen LogP contribution in [0.2, 0.25) is 5.15 Å². The van der Waals surface area contributed by atoms with Crippen LogP contribution in [0.1, 0.15) is 18.6 Å². The van der Waals surface area contributed by atoms with E-state index in [1.807, 2.05) is 0 Å². The maximum absolute atomic E-state index is 11.4. The van der Waals surface area contributed by atoms with Crippen molar-refractivity contribution in [1.82, 2.24) is 9.97 Å². The first kappa shape index (κ1) is 11.7. The Balaban J connectivity index is 2.63. The van der Waals surface area contributed by atoms with E-state index in [0.717, 1.165) is 11.2 Å². The maximum atomic E-state index is 11.4. The molecule has 2 rings (SSSR count). The van der Waals surface area contributed by atoms with Gasteiger partial charge >= 0.3 is 5.97 Å². The van der Waals surface area contributed by atoms with Gasteiger partial charge in [-0.05, 0) is 0 Å². The van der Waals surface area contributed by atoms with Crippen LogP contribution in [0, 0.1) is 0 Å². The molecule has 8 heteroatoms. The van der Waals surface area contributed by atoms with Crippen molar-refractivity contribution in [3.8, 4) is 0 Å². The first-order valence-corrected chi connectivity index (χ1v) is 5.04. The van der Waals surface area contributed by atoms with E-state index in [9.17, 15) is 14.7 Å². The number of amides is 1. The number of hydrogen-bond acceptors (Lipinski definition) is 5. The molecule has 0 saturated heterocycles. The molecule has 0 aliphatic carbocycles. The Labute approximate surface area is 101 Å². The van der Waals surface area contributed by atoms with Gasteiger partial charge in [-0.25, -0.2) is 14.8 Å². The SMILES string of the molecule is CC(=O)N1c2ncnc(Cl)c2C(O)C1C(=O)O. The van der Waals surface area contributed by atoms with Gasteiger partial charge < -0.3 is 10.2 Å². The molecule has 1 aromatic rings. The highest BCUT2D eigenvalue weighted by molar-refractivity contribution is 6.30. The number of hydrogen-bond donors (Lipinski definition) is 2. The predicted molar refractivity (Wildman–Crippen MR) is 56.6 cm³/mol. The van der Waals surface area contributed by atoms with Gasteiger partial charge in [0, 0.05) is 6.92 Å². The van der Waals surface area contributed by atoms with E-state index >= 15 is 0 Å². The van der Waals surface area contributed by atoms with Gasteiger partial charge in [-0.3, -0.25) is 9.69 Å². The normalized spacial score (nSPS) is 22.4. The third-order valence-electron chi connectivity index (χ3n) is 2.51. The Morgan fingerprint density at radius 3 is 2.65 bits per heavy atom. The molecule has 0 bridgehead atoms. The molecule has 2 N–H and O–H groups in total. The lowest BCUT2D eigenvalue weighted by Crippen LogP contribution is -2.43. The molecule has 90 valence electrons. The second-order valence-electron chi connectivity index (χ2n) is 3.52. The minimum atomic E-state index is -1.43. The van der Waals surface area contributed by atoms with Crippen molar-refractivity contribution in [2.24, 2.45) is 0 Å². The summed E-state index contributed by atoms with van der Waals surface area (Å²) in [4.78, 5) is 30.8. The molecule has 0 radical (unpaired) electrons. The number of carboxylic acids is 1. The van der Waals surface area contributed by atoms with Crippen molar-refractivity contribution >= 4 is 29.3 Å². The number of carboxylic acid groups (broad SMARTS) is 1. The summed E-state index contributed by atoms with van der Waals surface area (Å²) in [7, 11) is 0. The number of carbonyl (C=O) groups is 2. The Morgan fingerprint density at radius 1 is 1.47 bits per heavy atom. The van der Waals surface area contributed by atoms with Gasteiger partial charge in [0.05, 0.1) is 5.56 Å². The second kappa shape index (κ2) is 3.94. The molecule has 2 heterocycles. The van der Waals surface area contributed by atoms with Crippen molar-refractivity contribution in [3.63, 3.8) is 0 Å². The zero-order chi connectivity index (χ0) is 12.7. The van der Waals surface area contributed by atoms with Crippen molar-refractivity contribution in [1.29, 1.82) is 0 Å². The van der Waals surface area contributed by atoms with Crippen LogP contribution in [0.3, 0.4) is 0 Å². The Hall–Kier alpha value is -1.73. The number of halogens is 1. The Morgan fingerprint density at radius 2 is 2.12 bits per heavy atom. The van der Waals surface area contributed by atoms with E-state index < -0.39 is 24.0 Å². The third kappa shape index (κ3) is 1.63. The van der Waals surface area contributed by atoms with Crippen LogP contribution < -0.4 is 4.90 Å². The molecule has 2 atom stereocenters. The largest absolute Gasteiger partial charge is 0.480 e. The van der Waals surface area contributed by atoms with Gasteiger partial charge in [-0.15, -0.1) is 0 Å². The van der Waals surface area contributed by atoms with Gasteiger partial charge in [0.2, 0.25) is 5.91 Å². The quantitative estimate of drug-likeness (QED) is 0.686. The number of aliphatic carboxylic acids is 1. The molecule has 7 nitrogen and oxygen atoms in total. The molecule has 1 aromatic heterocycles. The number of nitrogens with zero attached hydrogens (tertiary/aromatic N) is 3. The summed E-state index contributed by atoms with van der Waals surface area (Å²) >= 11 is 5.76. The summed E-state index contributed by atoms with van der Waals surface area (Å²) in [5.41, 5.74) is 0.0665. The first-order valence-electron chi connectivity index (χ1n) is 4.66. The van der Waals surface area contributed by atoms with E-state index in [1.54, 1.807) is 0 Å². The monoisotopic (exact) mass is 257 g/mol. The molecule has 0 aromatic carbocycles. The first-order chi connectivity index (χ1) is 7.95. The van der Waals surface area contributed by atoms with E-state index in [4.69, 9.17) is 16.7 Å². The lowest BCUT2D eigenvalue weighted by Gasteiger charge is -2.20. The molecule has 1 aliphatic rings. The van der Waals surface area contributed by atoms with Crippen LogP contribution in [0.5, 0.6) is 0 Å². The third-order valence-corrected chi connectivity index (χ3v) is 2.81. The van der Waals surface area contributed by atoms with Gasteiger partial charge in [0.1, 0.15) is 23.4 Å². The standard InChI is InChI=1S/C9H8ClN3O4/c1-3(14)13-5(9(16)17)6(15)4-7(10)11-2-12-8(4)13/h2,5-6,15H,1H3,(H,16,17). The highest BCUT2D eigenvalue weighted by Gasteiger charge is 2.46. The lowest BCUT2D eigenvalue weighted by atomic mass is 10.1. The number of carbonyl (C=O) groups excluding carboxylic acids is 1. The van der Waals surface area contributed by atoms with Crippen LogP contribution in [0.4, 0.5) is 5.82 Å². The van der Waals surface area contributed by atoms with Crippen LogP contribution in [-0.2, 0) is 9.59 Å². The van der Waals surface area contributed by atoms with Crippen LogP contribution in [0.25, 0.3) is 0 Å². The van der Waals surface area contributed by atoms with Crippen molar-refractivity contribution < 1.29 is 19.8 Å². The fourth-order valence-electron chi connectivity index (χ4n) is 1.83. The van der Waals surface area contributed by atoms with Gasteiger partial charge in [-0.1, -0.05) is 11.6 Å². The average molecular weight is 258 g/mol. The minimum Gasteiger partial charge on any atom is -0.480 e. The molecule has 1 amide bonds. The minimum absolute atomic E-state index is 0.0393. The van der Waals surface area contributed by atoms with E-state index in [0.29, 0.717) is 0 Å². The molecule has 17 heavy (non-hydrogen) atoms. The fourth-order valence-corrected chi connectivity index (χ4v) is 2.07. The van der Waals surface area contributed by atoms with Crippen LogP contribution >= 0.6 is 11.6 Å². The van der Waals surface area contributed by atoms with Crippen molar-refractivity contribution in [3.05, 3.63) is 17.0 Å². The molecule has 0 fully saturated rings. The Kier molecular flexibility index (Phi) is 2.72. The summed E-state index contributed by atoms with van der Waals surface area (Å²) in [5, 5.41) is 18.8. The number of anilines is 1. The summed E-state index contributed by atoms with van der Waals surface area (Å²) in [6.45, 7) is 1.19. The zero-order valence-electron chi connectivity index (χ0n) is 8.66. The second-order valence-corrected chi connectivity index (χ2v) is 3.88. The topological polar surface area (TPSA) is 104 Å². The molecule has 0 saturated carbocycles. The number of aliphatic hydroxyl groups is 1. The molecule has 2 unspecified atom stereocenters. The van der Waals surface area contributed by atoms with Crippen LogP contribution in [0.15, 0.2) is 6.33 Å². The molecule has 1 aliphatic heterocycles. The summed E-state index contributed by atoms with van der Waals surface area (Å²) < 4.78 is 0. The highest BCUT2D eigenvalue weighted by atomic mass is 35.5.